The Bertz CT molecular complexity index is 622. The lowest BCUT2D eigenvalue weighted by molar-refractivity contribution is -0.122. The Balaban J connectivity index is 1.98. The number of aromatic nitrogens is 2. The second kappa shape index (κ2) is 6.69. The molecule has 0 aliphatic carbocycles. The fraction of sp³-hybridized carbons (Fsp3) is 0.267. The van der Waals surface area contributed by atoms with Crippen LogP contribution in [0.4, 0.5) is 0 Å². The van der Waals surface area contributed by atoms with Crippen LogP contribution in [0.5, 0.6) is 0 Å². The first-order valence-electron chi connectivity index (χ1n) is 6.71. The van der Waals surface area contributed by atoms with Crippen LogP contribution in [0.1, 0.15) is 35.4 Å². The first-order valence-corrected chi connectivity index (χ1v) is 6.71. The molecule has 6 nitrogen and oxygen atoms in total. The van der Waals surface area contributed by atoms with E-state index < -0.39 is 5.97 Å². The monoisotopic (exact) mass is 287 g/mol. The summed E-state index contributed by atoms with van der Waals surface area (Å²) in [6, 6.07) is 11.0. The van der Waals surface area contributed by atoms with E-state index in [0.717, 1.165) is 12.0 Å². The second-order valence-corrected chi connectivity index (χ2v) is 4.64. The highest BCUT2D eigenvalue weighted by molar-refractivity contribution is 5.85. The van der Waals surface area contributed by atoms with Crippen LogP contribution in [0.2, 0.25) is 0 Å². The molecule has 0 fully saturated rings. The van der Waals surface area contributed by atoms with Gasteiger partial charge < -0.3 is 10.4 Å². The van der Waals surface area contributed by atoms with Crippen molar-refractivity contribution in [3.05, 3.63) is 53.9 Å². The maximum Gasteiger partial charge on any atom is 0.356 e. The van der Waals surface area contributed by atoms with Gasteiger partial charge >= 0.3 is 5.97 Å². The number of carbonyl (C=O) groups excluding carboxylic acids is 1. The maximum absolute atomic E-state index is 12.0. The summed E-state index contributed by atoms with van der Waals surface area (Å²) in [4.78, 5) is 22.7. The van der Waals surface area contributed by atoms with Crippen LogP contribution < -0.4 is 5.32 Å². The number of amides is 1. The number of rotatable bonds is 6. The molecule has 0 saturated carbocycles. The third kappa shape index (κ3) is 3.92. The Morgan fingerprint density at radius 1 is 1.29 bits per heavy atom. The number of carbonyl (C=O) groups is 2. The lowest BCUT2D eigenvalue weighted by Crippen LogP contribution is -2.31. The molecule has 110 valence electrons. The van der Waals surface area contributed by atoms with Gasteiger partial charge in [-0.25, -0.2) is 4.79 Å². The zero-order chi connectivity index (χ0) is 15.2. The van der Waals surface area contributed by atoms with Crippen LogP contribution >= 0.6 is 0 Å². The first kappa shape index (κ1) is 14.8. The molecular formula is C15H17N3O3. The van der Waals surface area contributed by atoms with Gasteiger partial charge in [-0.15, -0.1) is 0 Å². The van der Waals surface area contributed by atoms with Crippen LogP contribution in [0.25, 0.3) is 0 Å². The molecule has 21 heavy (non-hydrogen) atoms. The molecule has 1 atom stereocenters. The van der Waals surface area contributed by atoms with E-state index in [0.29, 0.717) is 0 Å². The van der Waals surface area contributed by atoms with E-state index in [4.69, 9.17) is 5.11 Å². The van der Waals surface area contributed by atoms with Gasteiger partial charge in [0.15, 0.2) is 5.69 Å². The summed E-state index contributed by atoms with van der Waals surface area (Å²) in [6.07, 6.45) is 2.25. The van der Waals surface area contributed by atoms with Gasteiger partial charge in [-0.3, -0.25) is 9.48 Å². The summed E-state index contributed by atoms with van der Waals surface area (Å²) >= 11 is 0. The molecule has 0 spiro atoms. The molecule has 1 amide bonds. The number of carboxylic acids is 1. The van der Waals surface area contributed by atoms with Crippen molar-refractivity contribution in [3.8, 4) is 0 Å². The second-order valence-electron chi connectivity index (χ2n) is 4.64. The van der Waals surface area contributed by atoms with Gasteiger partial charge in [0.25, 0.3) is 0 Å². The third-order valence-electron chi connectivity index (χ3n) is 3.11. The van der Waals surface area contributed by atoms with Crippen LogP contribution in [0.3, 0.4) is 0 Å². The SMILES string of the molecule is CCC(NC(=O)Cn1ccc(C(=O)O)n1)c1ccccc1. The molecule has 0 aliphatic rings. The summed E-state index contributed by atoms with van der Waals surface area (Å²) < 4.78 is 1.32. The van der Waals surface area contributed by atoms with Crippen molar-refractivity contribution >= 4 is 11.9 Å². The minimum atomic E-state index is -1.11. The van der Waals surface area contributed by atoms with E-state index in [2.05, 4.69) is 10.4 Å². The van der Waals surface area contributed by atoms with Gasteiger partial charge in [0.1, 0.15) is 6.54 Å². The zero-order valence-corrected chi connectivity index (χ0v) is 11.7. The fourth-order valence-corrected chi connectivity index (χ4v) is 2.06. The summed E-state index contributed by atoms with van der Waals surface area (Å²) in [7, 11) is 0. The van der Waals surface area contributed by atoms with Gasteiger partial charge in [-0.2, -0.15) is 5.10 Å². The average Bonchev–Trinajstić information content (AvgIpc) is 2.94. The highest BCUT2D eigenvalue weighted by Gasteiger charge is 2.14. The smallest absolute Gasteiger partial charge is 0.356 e. The predicted molar refractivity (Wildman–Crippen MR) is 76.8 cm³/mol. The number of hydrogen-bond donors (Lipinski definition) is 2. The molecule has 1 aromatic carbocycles. The van der Waals surface area contributed by atoms with Gasteiger partial charge in [-0.1, -0.05) is 37.3 Å². The van der Waals surface area contributed by atoms with E-state index in [1.165, 1.54) is 16.9 Å². The summed E-state index contributed by atoms with van der Waals surface area (Å²) in [5.74, 6) is -1.31. The Kier molecular flexibility index (Phi) is 4.71. The lowest BCUT2D eigenvalue weighted by Gasteiger charge is -2.17. The molecule has 0 aliphatic heterocycles. The Morgan fingerprint density at radius 3 is 2.57 bits per heavy atom. The van der Waals surface area contributed by atoms with Crippen molar-refractivity contribution in [1.29, 1.82) is 0 Å². The van der Waals surface area contributed by atoms with Crippen molar-refractivity contribution in [1.82, 2.24) is 15.1 Å². The van der Waals surface area contributed by atoms with Crippen molar-refractivity contribution in [2.45, 2.75) is 25.9 Å². The molecule has 1 heterocycles. The van der Waals surface area contributed by atoms with E-state index in [-0.39, 0.29) is 24.2 Å². The first-order chi connectivity index (χ1) is 10.1. The number of carboxylic acid groups (broad SMARTS) is 1. The molecule has 2 rings (SSSR count). The van der Waals surface area contributed by atoms with Gasteiger partial charge in [0.05, 0.1) is 6.04 Å². The Morgan fingerprint density at radius 2 is 2.00 bits per heavy atom. The predicted octanol–water partition coefficient (Wildman–Crippen LogP) is 1.85. The molecule has 1 aromatic heterocycles. The van der Waals surface area contributed by atoms with Crippen molar-refractivity contribution in [2.24, 2.45) is 0 Å². The minimum absolute atomic E-state index is 0.00336. The van der Waals surface area contributed by atoms with Crippen molar-refractivity contribution < 1.29 is 14.7 Å². The quantitative estimate of drug-likeness (QED) is 0.849. The summed E-state index contributed by atoms with van der Waals surface area (Å²) in [5, 5.41) is 15.5. The number of benzene rings is 1. The van der Waals surface area contributed by atoms with E-state index in [1.807, 2.05) is 37.3 Å². The van der Waals surface area contributed by atoms with Crippen LogP contribution in [-0.2, 0) is 11.3 Å². The molecule has 0 radical (unpaired) electrons. The number of hydrogen-bond acceptors (Lipinski definition) is 3. The number of nitrogens with zero attached hydrogens (tertiary/aromatic N) is 2. The van der Waals surface area contributed by atoms with Crippen molar-refractivity contribution in [2.75, 3.05) is 0 Å². The number of aromatic carboxylic acids is 1. The lowest BCUT2D eigenvalue weighted by atomic mass is 10.0. The molecule has 0 bridgehead atoms. The molecule has 1 unspecified atom stereocenters. The third-order valence-corrected chi connectivity index (χ3v) is 3.11. The molecule has 2 N–H and O–H groups in total. The highest BCUT2D eigenvalue weighted by atomic mass is 16.4. The average molecular weight is 287 g/mol. The largest absolute Gasteiger partial charge is 0.476 e. The molecular weight excluding hydrogens is 270 g/mol. The summed E-state index contributed by atoms with van der Waals surface area (Å²) in [6.45, 7) is 1.99. The maximum atomic E-state index is 12.0. The van der Waals surface area contributed by atoms with Crippen molar-refractivity contribution in [3.63, 3.8) is 0 Å². The Labute approximate surface area is 122 Å². The van der Waals surface area contributed by atoms with Crippen LogP contribution in [-0.4, -0.2) is 26.8 Å². The number of nitrogens with one attached hydrogen (secondary N) is 1. The van der Waals surface area contributed by atoms with E-state index in [9.17, 15) is 9.59 Å². The van der Waals surface area contributed by atoms with Gasteiger partial charge in [0, 0.05) is 6.20 Å². The van der Waals surface area contributed by atoms with Crippen LogP contribution in [0, 0.1) is 0 Å². The highest BCUT2D eigenvalue weighted by Crippen LogP contribution is 2.15. The standard InChI is InChI=1S/C15H17N3O3/c1-2-12(11-6-4-3-5-7-11)16-14(19)10-18-9-8-13(17-18)15(20)21/h3-9,12H,2,10H2,1H3,(H,16,19)(H,20,21). The van der Waals surface area contributed by atoms with E-state index in [1.54, 1.807) is 0 Å². The minimum Gasteiger partial charge on any atom is -0.476 e. The molecule has 6 heteroatoms. The summed E-state index contributed by atoms with van der Waals surface area (Å²) in [5.41, 5.74) is 0.970. The van der Waals surface area contributed by atoms with E-state index >= 15 is 0 Å². The molecule has 2 aromatic rings. The fourth-order valence-electron chi connectivity index (χ4n) is 2.06. The zero-order valence-electron chi connectivity index (χ0n) is 11.7. The topological polar surface area (TPSA) is 84.2 Å². The molecule has 0 saturated heterocycles. The van der Waals surface area contributed by atoms with Gasteiger partial charge in [-0.05, 0) is 18.1 Å². The van der Waals surface area contributed by atoms with Gasteiger partial charge in [0.2, 0.25) is 5.91 Å². The Hall–Kier alpha value is -2.63. The van der Waals surface area contributed by atoms with Crippen LogP contribution in [0.15, 0.2) is 42.6 Å². The normalized spacial score (nSPS) is 11.9.